The zero-order valence-corrected chi connectivity index (χ0v) is 10.5. The largest absolute Gasteiger partial charge is 0.368 e. The molecule has 0 aromatic carbocycles. The molecule has 4 nitrogen and oxygen atoms in total. The monoisotopic (exact) mass is 284 g/mol. The standard InChI is InChI=1S/C11H13BrN2O2/c1-7-3-5-16-10(7)11(15)14-9-2-4-13-6-8(9)12/h2,4,6-7,10H,3,5H2,1H3,(H,13,14,15). The summed E-state index contributed by atoms with van der Waals surface area (Å²) in [6, 6.07) is 1.75. The fourth-order valence-corrected chi connectivity index (χ4v) is 2.06. The molecule has 1 aliphatic heterocycles. The molecule has 0 aliphatic carbocycles. The summed E-state index contributed by atoms with van der Waals surface area (Å²) in [5.74, 6) is 0.192. The van der Waals surface area contributed by atoms with Crippen molar-refractivity contribution in [2.24, 2.45) is 5.92 Å². The molecule has 86 valence electrons. The van der Waals surface area contributed by atoms with Gasteiger partial charge in [-0.05, 0) is 34.3 Å². The van der Waals surface area contributed by atoms with E-state index in [1.807, 2.05) is 6.92 Å². The van der Waals surface area contributed by atoms with Crippen molar-refractivity contribution in [1.29, 1.82) is 0 Å². The minimum Gasteiger partial charge on any atom is -0.368 e. The summed E-state index contributed by atoms with van der Waals surface area (Å²) in [5, 5.41) is 2.83. The number of pyridine rings is 1. The molecule has 1 N–H and O–H groups in total. The molecule has 16 heavy (non-hydrogen) atoms. The molecule has 0 radical (unpaired) electrons. The molecule has 1 aliphatic rings. The Hall–Kier alpha value is -0.940. The van der Waals surface area contributed by atoms with Crippen molar-refractivity contribution in [3.8, 4) is 0 Å². The average Bonchev–Trinajstić information content (AvgIpc) is 2.68. The lowest BCUT2D eigenvalue weighted by molar-refractivity contribution is -0.126. The van der Waals surface area contributed by atoms with Crippen LogP contribution >= 0.6 is 15.9 Å². The third-order valence-electron chi connectivity index (χ3n) is 2.68. The summed E-state index contributed by atoms with van der Waals surface area (Å²) >= 11 is 3.33. The van der Waals surface area contributed by atoms with Crippen LogP contribution in [0.1, 0.15) is 13.3 Å². The van der Waals surface area contributed by atoms with Crippen molar-refractivity contribution in [1.82, 2.24) is 4.98 Å². The van der Waals surface area contributed by atoms with Crippen molar-refractivity contribution < 1.29 is 9.53 Å². The zero-order valence-electron chi connectivity index (χ0n) is 8.94. The summed E-state index contributed by atoms with van der Waals surface area (Å²) in [5.41, 5.74) is 0.725. The van der Waals surface area contributed by atoms with Gasteiger partial charge >= 0.3 is 0 Å². The number of hydrogen-bond donors (Lipinski definition) is 1. The second-order valence-electron chi connectivity index (χ2n) is 3.90. The Morgan fingerprint density at radius 3 is 3.12 bits per heavy atom. The van der Waals surface area contributed by atoms with Gasteiger partial charge in [0.2, 0.25) is 0 Å². The van der Waals surface area contributed by atoms with Crippen molar-refractivity contribution in [2.45, 2.75) is 19.4 Å². The Morgan fingerprint density at radius 1 is 1.69 bits per heavy atom. The predicted octanol–water partition coefficient (Wildman–Crippen LogP) is 2.21. The Balaban J connectivity index is 2.05. The molecular formula is C11H13BrN2O2. The molecule has 2 rings (SSSR count). The van der Waals surface area contributed by atoms with Gasteiger partial charge in [0.15, 0.2) is 0 Å². The van der Waals surface area contributed by atoms with E-state index in [1.54, 1.807) is 18.5 Å². The van der Waals surface area contributed by atoms with Crippen LogP contribution in [0.4, 0.5) is 5.69 Å². The summed E-state index contributed by atoms with van der Waals surface area (Å²) in [7, 11) is 0. The van der Waals surface area contributed by atoms with Crippen molar-refractivity contribution in [2.75, 3.05) is 11.9 Å². The Labute approximate surface area is 103 Å². The van der Waals surface area contributed by atoms with Crippen LogP contribution in [0.3, 0.4) is 0 Å². The average molecular weight is 285 g/mol. The smallest absolute Gasteiger partial charge is 0.253 e. The van der Waals surface area contributed by atoms with Crippen LogP contribution in [0, 0.1) is 5.92 Å². The van der Waals surface area contributed by atoms with E-state index in [1.165, 1.54) is 0 Å². The van der Waals surface area contributed by atoms with Crippen LogP contribution in [0.5, 0.6) is 0 Å². The second-order valence-corrected chi connectivity index (χ2v) is 4.76. The molecule has 5 heteroatoms. The molecule has 0 spiro atoms. The van der Waals surface area contributed by atoms with E-state index in [0.717, 1.165) is 16.6 Å². The maximum Gasteiger partial charge on any atom is 0.253 e. The number of hydrogen-bond acceptors (Lipinski definition) is 3. The Kier molecular flexibility index (Phi) is 3.56. The molecule has 0 saturated carbocycles. The van der Waals surface area contributed by atoms with Gasteiger partial charge in [-0.1, -0.05) is 6.92 Å². The summed E-state index contributed by atoms with van der Waals surface area (Å²) in [4.78, 5) is 15.8. The molecule has 2 heterocycles. The highest BCUT2D eigenvalue weighted by molar-refractivity contribution is 9.10. The highest BCUT2D eigenvalue weighted by atomic mass is 79.9. The van der Waals surface area contributed by atoms with Crippen LogP contribution in [-0.2, 0) is 9.53 Å². The van der Waals surface area contributed by atoms with Gasteiger partial charge in [-0.15, -0.1) is 0 Å². The first-order valence-electron chi connectivity index (χ1n) is 5.20. The van der Waals surface area contributed by atoms with Gasteiger partial charge in [-0.2, -0.15) is 0 Å². The zero-order chi connectivity index (χ0) is 11.5. The van der Waals surface area contributed by atoms with E-state index in [0.29, 0.717) is 6.61 Å². The lowest BCUT2D eigenvalue weighted by atomic mass is 10.0. The van der Waals surface area contributed by atoms with Gasteiger partial charge in [-0.25, -0.2) is 0 Å². The maximum atomic E-state index is 11.9. The minimum atomic E-state index is -0.333. The van der Waals surface area contributed by atoms with Crippen LogP contribution < -0.4 is 5.32 Å². The Bertz CT molecular complexity index is 397. The van der Waals surface area contributed by atoms with Gasteiger partial charge in [0.05, 0.1) is 10.2 Å². The van der Waals surface area contributed by atoms with Gasteiger partial charge < -0.3 is 10.1 Å². The van der Waals surface area contributed by atoms with Gasteiger partial charge in [-0.3, -0.25) is 9.78 Å². The number of aromatic nitrogens is 1. The third kappa shape index (κ3) is 2.41. The number of halogens is 1. The first-order chi connectivity index (χ1) is 7.68. The number of nitrogens with one attached hydrogen (secondary N) is 1. The molecule has 1 saturated heterocycles. The molecule has 1 amide bonds. The predicted molar refractivity (Wildman–Crippen MR) is 64.1 cm³/mol. The van der Waals surface area contributed by atoms with Gasteiger partial charge in [0.1, 0.15) is 6.10 Å². The summed E-state index contributed by atoms with van der Waals surface area (Å²) in [6.45, 7) is 2.69. The summed E-state index contributed by atoms with van der Waals surface area (Å²) < 4.78 is 6.17. The number of rotatable bonds is 2. The minimum absolute atomic E-state index is 0.0862. The lowest BCUT2D eigenvalue weighted by Crippen LogP contribution is -2.31. The molecule has 1 aromatic heterocycles. The number of nitrogens with zero attached hydrogens (tertiary/aromatic N) is 1. The van der Waals surface area contributed by atoms with Crippen LogP contribution in [0.15, 0.2) is 22.9 Å². The molecule has 1 fully saturated rings. The molecular weight excluding hydrogens is 272 g/mol. The quantitative estimate of drug-likeness (QED) is 0.906. The van der Waals surface area contributed by atoms with E-state index in [4.69, 9.17) is 4.74 Å². The van der Waals surface area contributed by atoms with Crippen molar-refractivity contribution in [3.05, 3.63) is 22.9 Å². The molecule has 0 bridgehead atoms. The van der Waals surface area contributed by atoms with Gasteiger partial charge in [0.25, 0.3) is 5.91 Å². The normalized spacial score (nSPS) is 24.4. The molecule has 2 unspecified atom stereocenters. The third-order valence-corrected chi connectivity index (χ3v) is 3.31. The second kappa shape index (κ2) is 4.93. The van der Waals surface area contributed by atoms with E-state index in [9.17, 15) is 4.79 Å². The SMILES string of the molecule is CC1CCOC1C(=O)Nc1ccncc1Br. The van der Waals surface area contributed by atoms with E-state index in [-0.39, 0.29) is 17.9 Å². The number of amides is 1. The first-order valence-corrected chi connectivity index (χ1v) is 6.00. The number of carbonyl (C=O) groups excluding carboxylic acids is 1. The lowest BCUT2D eigenvalue weighted by Gasteiger charge is -2.14. The number of anilines is 1. The van der Waals surface area contributed by atoms with Crippen LogP contribution in [-0.4, -0.2) is 23.6 Å². The van der Waals surface area contributed by atoms with Gasteiger partial charge in [0, 0.05) is 19.0 Å². The summed E-state index contributed by atoms with van der Waals surface area (Å²) in [6.07, 6.45) is 3.89. The Morgan fingerprint density at radius 2 is 2.50 bits per heavy atom. The van der Waals surface area contributed by atoms with Crippen molar-refractivity contribution in [3.63, 3.8) is 0 Å². The number of ether oxygens (including phenoxy) is 1. The number of carbonyl (C=O) groups is 1. The molecule has 2 atom stereocenters. The van der Waals surface area contributed by atoms with E-state index in [2.05, 4.69) is 26.2 Å². The van der Waals surface area contributed by atoms with Crippen LogP contribution in [0.25, 0.3) is 0 Å². The molecule has 1 aromatic rings. The highest BCUT2D eigenvalue weighted by Gasteiger charge is 2.30. The fourth-order valence-electron chi connectivity index (χ4n) is 1.71. The van der Waals surface area contributed by atoms with Crippen LogP contribution in [0.2, 0.25) is 0 Å². The maximum absolute atomic E-state index is 11.9. The highest BCUT2D eigenvalue weighted by Crippen LogP contribution is 2.24. The topological polar surface area (TPSA) is 51.2 Å². The van der Waals surface area contributed by atoms with E-state index < -0.39 is 0 Å². The van der Waals surface area contributed by atoms with E-state index >= 15 is 0 Å². The fraction of sp³-hybridized carbons (Fsp3) is 0.455. The van der Waals surface area contributed by atoms with Crippen molar-refractivity contribution >= 4 is 27.5 Å². The first kappa shape index (κ1) is 11.5.